The molecule has 1 saturated carbocycles. The number of hydrogen-bond acceptors (Lipinski definition) is 5. The number of aromatic nitrogens is 2. The zero-order valence-electron chi connectivity index (χ0n) is 11.3. The summed E-state index contributed by atoms with van der Waals surface area (Å²) in [4.78, 5) is 20.0. The average molecular weight is 263 g/mol. The van der Waals surface area contributed by atoms with Gasteiger partial charge >= 0.3 is 0 Å². The summed E-state index contributed by atoms with van der Waals surface area (Å²) in [5.74, 6) is 1.98. The van der Waals surface area contributed by atoms with E-state index < -0.39 is 0 Å². The van der Waals surface area contributed by atoms with E-state index in [1.165, 1.54) is 0 Å². The van der Waals surface area contributed by atoms with Gasteiger partial charge in [0.05, 0.1) is 0 Å². The van der Waals surface area contributed by atoms with Crippen LogP contribution in [0.3, 0.4) is 0 Å². The number of nitrogens with two attached hydrogens (primary N) is 1. The topological polar surface area (TPSA) is 92.9 Å². The molecule has 0 radical (unpaired) electrons. The molecule has 6 heteroatoms. The number of hydrogen-bond donors (Lipinski definition) is 3. The number of nitrogens with zero attached hydrogens (tertiary/aromatic N) is 2. The summed E-state index contributed by atoms with van der Waals surface area (Å²) >= 11 is 0. The maximum absolute atomic E-state index is 11.5. The minimum atomic E-state index is 0.0887. The molecule has 104 valence electrons. The van der Waals surface area contributed by atoms with E-state index in [1.54, 1.807) is 6.07 Å². The Bertz CT molecular complexity index is 445. The van der Waals surface area contributed by atoms with Crippen LogP contribution >= 0.6 is 0 Å². The van der Waals surface area contributed by atoms with Gasteiger partial charge in [0.25, 0.3) is 0 Å². The average Bonchev–Trinajstić information content (AvgIpc) is 3.12. The van der Waals surface area contributed by atoms with Crippen molar-refractivity contribution in [2.75, 3.05) is 17.6 Å². The molecule has 0 spiro atoms. The van der Waals surface area contributed by atoms with Crippen LogP contribution in [0.2, 0.25) is 0 Å². The molecule has 0 aromatic carbocycles. The van der Waals surface area contributed by atoms with Gasteiger partial charge in [-0.1, -0.05) is 6.92 Å². The Morgan fingerprint density at radius 1 is 1.47 bits per heavy atom. The normalized spacial score (nSPS) is 14.2. The maximum Gasteiger partial charge on any atom is 0.221 e. The van der Waals surface area contributed by atoms with Crippen LogP contribution in [0.5, 0.6) is 0 Å². The van der Waals surface area contributed by atoms with Gasteiger partial charge in [0.15, 0.2) is 0 Å². The molecule has 1 heterocycles. The highest BCUT2D eigenvalue weighted by Gasteiger charge is 2.22. The second-order valence-electron chi connectivity index (χ2n) is 4.86. The first-order valence-electron chi connectivity index (χ1n) is 6.84. The third-order valence-corrected chi connectivity index (χ3v) is 2.87. The van der Waals surface area contributed by atoms with E-state index in [-0.39, 0.29) is 5.91 Å². The fraction of sp³-hybridized carbons (Fsp3) is 0.615. The van der Waals surface area contributed by atoms with Crippen LogP contribution in [0.4, 0.5) is 11.6 Å². The van der Waals surface area contributed by atoms with Gasteiger partial charge < -0.3 is 16.4 Å². The Kier molecular flexibility index (Phi) is 4.54. The number of amides is 1. The van der Waals surface area contributed by atoms with E-state index >= 15 is 0 Å². The van der Waals surface area contributed by atoms with E-state index in [9.17, 15) is 4.79 Å². The Hall–Kier alpha value is -1.85. The van der Waals surface area contributed by atoms with Gasteiger partial charge in [0.2, 0.25) is 5.91 Å². The van der Waals surface area contributed by atoms with Gasteiger partial charge in [-0.3, -0.25) is 4.79 Å². The van der Waals surface area contributed by atoms with Crippen molar-refractivity contribution in [3.05, 3.63) is 11.9 Å². The zero-order chi connectivity index (χ0) is 13.7. The number of aryl methyl sites for hydroxylation is 1. The minimum Gasteiger partial charge on any atom is -0.384 e. The highest BCUT2D eigenvalue weighted by Crippen LogP contribution is 2.18. The largest absolute Gasteiger partial charge is 0.384 e. The first kappa shape index (κ1) is 13.6. The summed E-state index contributed by atoms with van der Waals surface area (Å²) < 4.78 is 0. The lowest BCUT2D eigenvalue weighted by Gasteiger charge is -2.08. The molecular weight excluding hydrogens is 242 g/mol. The van der Waals surface area contributed by atoms with Gasteiger partial charge in [-0.15, -0.1) is 0 Å². The maximum atomic E-state index is 11.5. The summed E-state index contributed by atoms with van der Waals surface area (Å²) in [5, 5.41) is 6.06. The molecule has 1 aliphatic carbocycles. The van der Waals surface area contributed by atoms with Crippen molar-refractivity contribution in [1.82, 2.24) is 15.3 Å². The summed E-state index contributed by atoms with van der Waals surface area (Å²) in [7, 11) is 0. The lowest BCUT2D eigenvalue weighted by atomic mass is 10.3. The Balaban J connectivity index is 1.79. The van der Waals surface area contributed by atoms with Crippen LogP contribution < -0.4 is 16.4 Å². The van der Waals surface area contributed by atoms with E-state index in [2.05, 4.69) is 27.5 Å². The third-order valence-electron chi connectivity index (χ3n) is 2.87. The molecule has 2 rings (SSSR count). The molecule has 1 aromatic rings. The fourth-order valence-corrected chi connectivity index (χ4v) is 1.78. The van der Waals surface area contributed by atoms with Crippen molar-refractivity contribution in [2.45, 2.75) is 45.1 Å². The number of carbonyl (C=O) groups excluding carboxylic acids is 1. The molecule has 1 fully saturated rings. The predicted molar refractivity (Wildman–Crippen MR) is 74.7 cm³/mol. The lowest BCUT2D eigenvalue weighted by Crippen LogP contribution is -2.27. The number of carbonyl (C=O) groups is 1. The molecular formula is C13H21N5O. The van der Waals surface area contributed by atoms with E-state index in [4.69, 9.17) is 5.73 Å². The Morgan fingerprint density at radius 2 is 2.26 bits per heavy atom. The van der Waals surface area contributed by atoms with Crippen LogP contribution in [0.25, 0.3) is 0 Å². The number of anilines is 2. The van der Waals surface area contributed by atoms with Gasteiger partial charge in [-0.25, -0.2) is 9.97 Å². The van der Waals surface area contributed by atoms with Crippen molar-refractivity contribution in [2.24, 2.45) is 0 Å². The van der Waals surface area contributed by atoms with Crippen LogP contribution in [0, 0.1) is 0 Å². The predicted octanol–water partition coefficient (Wildman–Crippen LogP) is 1.09. The standard InChI is InChI=1S/C13H21N5O/c1-2-3-11-17-10(14)8-12(18-11)15-7-6-13(19)16-9-4-5-9/h8-9H,2-7H2,1H3,(H,16,19)(H3,14,15,17,18). The van der Waals surface area contributed by atoms with Crippen molar-refractivity contribution < 1.29 is 4.79 Å². The van der Waals surface area contributed by atoms with Crippen molar-refractivity contribution in [3.8, 4) is 0 Å². The molecule has 1 aliphatic rings. The molecule has 6 nitrogen and oxygen atoms in total. The summed E-state index contributed by atoms with van der Waals surface area (Å²) in [6.07, 6.45) is 4.46. The van der Waals surface area contributed by atoms with Crippen LogP contribution in [0.15, 0.2) is 6.07 Å². The Morgan fingerprint density at radius 3 is 2.95 bits per heavy atom. The zero-order valence-corrected chi connectivity index (χ0v) is 11.3. The summed E-state index contributed by atoms with van der Waals surface area (Å²) in [5.41, 5.74) is 5.72. The fourth-order valence-electron chi connectivity index (χ4n) is 1.78. The van der Waals surface area contributed by atoms with Gasteiger partial charge in [0, 0.05) is 31.5 Å². The lowest BCUT2D eigenvalue weighted by molar-refractivity contribution is -0.120. The van der Waals surface area contributed by atoms with Gasteiger partial charge in [0.1, 0.15) is 17.5 Å². The molecule has 0 aliphatic heterocycles. The highest BCUT2D eigenvalue weighted by molar-refractivity contribution is 5.77. The quantitative estimate of drug-likeness (QED) is 0.685. The Labute approximate surface area is 113 Å². The molecule has 0 atom stereocenters. The molecule has 4 N–H and O–H groups in total. The second kappa shape index (κ2) is 6.36. The van der Waals surface area contributed by atoms with E-state index in [0.717, 1.165) is 31.5 Å². The number of rotatable bonds is 7. The molecule has 0 unspecified atom stereocenters. The van der Waals surface area contributed by atoms with E-state index in [1.807, 2.05) is 0 Å². The minimum absolute atomic E-state index is 0.0887. The monoisotopic (exact) mass is 263 g/mol. The van der Waals surface area contributed by atoms with Crippen LogP contribution in [0.1, 0.15) is 38.4 Å². The molecule has 0 bridgehead atoms. The van der Waals surface area contributed by atoms with Gasteiger partial charge in [-0.2, -0.15) is 0 Å². The summed E-state index contributed by atoms with van der Waals surface area (Å²) in [6.45, 7) is 2.63. The first-order chi connectivity index (χ1) is 9.17. The number of nitrogen functional groups attached to an aromatic ring is 1. The van der Waals surface area contributed by atoms with Crippen molar-refractivity contribution in [1.29, 1.82) is 0 Å². The summed E-state index contributed by atoms with van der Waals surface area (Å²) in [6, 6.07) is 2.11. The third kappa shape index (κ3) is 4.73. The SMILES string of the molecule is CCCc1nc(N)cc(NCCC(=O)NC2CC2)n1. The molecule has 0 saturated heterocycles. The van der Waals surface area contributed by atoms with E-state index in [0.29, 0.717) is 30.6 Å². The molecule has 1 amide bonds. The highest BCUT2D eigenvalue weighted by atomic mass is 16.1. The van der Waals surface area contributed by atoms with Crippen molar-refractivity contribution in [3.63, 3.8) is 0 Å². The molecule has 1 aromatic heterocycles. The van der Waals surface area contributed by atoms with Crippen molar-refractivity contribution >= 4 is 17.5 Å². The number of nitrogens with one attached hydrogen (secondary N) is 2. The van der Waals surface area contributed by atoms with Crippen LogP contribution in [-0.2, 0) is 11.2 Å². The first-order valence-corrected chi connectivity index (χ1v) is 6.84. The van der Waals surface area contributed by atoms with Crippen LogP contribution in [-0.4, -0.2) is 28.5 Å². The molecule has 19 heavy (non-hydrogen) atoms. The second-order valence-corrected chi connectivity index (χ2v) is 4.86. The smallest absolute Gasteiger partial charge is 0.221 e. The van der Waals surface area contributed by atoms with Gasteiger partial charge in [-0.05, 0) is 19.3 Å².